The molecule has 134 valence electrons. The predicted octanol–water partition coefficient (Wildman–Crippen LogP) is 3.80. The van der Waals surface area contributed by atoms with Crippen LogP contribution in [0.2, 0.25) is 0 Å². The molecule has 2 N–H and O–H groups in total. The fourth-order valence-corrected chi connectivity index (χ4v) is 2.39. The summed E-state index contributed by atoms with van der Waals surface area (Å²) < 4.78 is 30.9. The summed E-state index contributed by atoms with van der Waals surface area (Å²) in [5.41, 5.74) is 1.71. The Morgan fingerprint density at radius 1 is 1.12 bits per heavy atom. The van der Waals surface area contributed by atoms with E-state index in [-0.39, 0.29) is 12.3 Å². The highest BCUT2D eigenvalue weighted by Crippen LogP contribution is 2.21. The molecular formula is C18H16F2N4O2. The molecule has 26 heavy (non-hydrogen) atoms. The Hall–Kier alpha value is -3.42. The average Bonchev–Trinajstić information content (AvgIpc) is 3.15. The molecule has 0 saturated carbocycles. The summed E-state index contributed by atoms with van der Waals surface area (Å²) in [4.78, 5) is 12.2. The Kier molecular flexibility index (Phi) is 5.43. The van der Waals surface area contributed by atoms with Gasteiger partial charge in [0, 0.05) is 24.5 Å². The summed E-state index contributed by atoms with van der Waals surface area (Å²) in [5, 5.41) is 9.50. The fourth-order valence-electron chi connectivity index (χ4n) is 2.39. The van der Waals surface area contributed by atoms with Gasteiger partial charge in [-0.1, -0.05) is 30.3 Å². The van der Waals surface area contributed by atoms with Crippen LogP contribution < -0.4 is 15.4 Å². The molecule has 1 aromatic heterocycles. The van der Waals surface area contributed by atoms with Crippen molar-refractivity contribution in [3.05, 3.63) is 72.6 Å². The highest BCUT2D eigenvalue weighted by atomic mass is 19.3. The first-order valence-electron chi connectivity index (χ1n) is 7.80. The van der Waals surface area contributed by atoms with Gasteiger partial charge in [-0.25, -0.2) is 9.48 Å². The van der Waals surface area contributed by atoms with Crippen LogP contribution in [0.1, 0.15) is 5.56 Å². The van der Waals surface area contributed by atoms with Gasteiger partial charge in [-0.3, -0.25) is 0 Å². The molecule has 0 unspecified atom stereocenters. The second kappa shape index (κ2) is 8.11. The summed E-state index contributed by atoms with van der Waals surface area (Å²) >= 11 is 0. The number of ether oxygens (including phenoxy) is 1. The van der Waals surface area contributed by atoms with E-state index >= 15 is 0 Å². The lowest BCUT2D eigenvalue weighted by molar-refractivity contribution is -0.0504. The first-order valence-corrected chi connectivity index (χ1v) is 7.80. The average molecular weight is 358 g/mol. The van der Waals surface area contributed by atoms with Gasteiger partial charge in [-0.15, -0.1) is 0 Å². The van der Waals surface area contributed by atoms with E-state index < -0.39 is 12.6 Å². The maximum absolute atomic E-state index is 12.4. The van der Waals surface area contributed by atoms with Crippen LogP contribution in [0.3, 0.4) is 0 Å². The number of anilines is 1. The van der Waals surface area contributed by atoms with E-state index in [9.17, 15) is 13.6 Å². The molecule has 2 aromatic carbocycles. The molecule has 2 amide bonds. The number of aromatic nitrogens is 2. The standard InChI is InChI=1S/C18H16F2N4O2/c19-17(20)26-16-9-4-1-6-13(16)12-21-18(25)23-14-7-2-3-8-15(14)24-11-5-10-22-24/h1-11,17H,12H2,(H2,21,23,25). The monoisotopic (exact) mass is 358 g/mol. The second-order valence-electron chi connectivity index (χ2n) is 5.26. The zero-order valence-electron chi connectivity index (χ0n) is 13.6. The Balaban J connectivity index is 1.66. The van der Waals surface area contributed by atoms with Crippen molar-refractivity contribution >= 4 is 11.7 Å². The number of rotatable bonds is 6. The lowest BCUT2D eigenvalue weighted by atomic mass is 10.2. The number of nitrogens with one attached hydrogen (secondary N) is 2. The quantitative estimate of drug-likeness (QED) is 0.704. The Morgan fingerprint density at radius 2 is 1.88 bits per heavy atom. The molecule has 6 nitrogen and oxygen atoms in total. The summed E-state index contributed by atoms with van der Waals surface area (Å²) in [7, 11) is 0. The second-order valence-corrected chi connectivity index (χ2v) is 5.26. The highest BCUT2D eigenvalue weighted by Gasteiger charge is 2.11. The Bertz CT molecular complexity index is 869. The lowest BCUT2D eigenvalue weighted by Gasteiger charge is -2.13. The predicted molar refractivity (Wildman–Crippen MR) is 92.5 cm³/mol. The van der Waals surface area contributed by atoms with Crippen LogP contribution in [0.15, 0.2) is 67.0 Å². The molecule has 0 spiro atoms. The van der Waals surface area contributed by atoms with E-state index in [1.54, 1.807) is 53.5 Å². The van der Waals surface area contributed by atoms with Crippen LogP contribution in [-0.4, -0.2) is 22.4 Å². The van der Waals surface area contributed by atoms with Gasteiger partial charge < -0.3 is 15.4 Å². The number of carbonyl (C=O) groups excluding carboxylic acids is 1. The number of benzene rings is 2. The van der Waals surface area contributed by atoms with Crippen LogP contribution >= 0.6 is 0 Å². The van der Waals surface area contributed by atoms with Crippen LogP contribution in [-0.2, 0) is 6.54 Å². The van der Waals surface area contributed by atoms with Gasteiger partial charge in [0.05, 0.1) is 11.4 Å². The molecular weight excluding hydrogens is 342 g/mol. The number of alkyl halides is 2. The number of nitrogens with zero attached hydrogens (tertiary/aromatic N) is 2. The first kappa shape index (κ1) is 17.4. The minimum atomic E-state index is -2.93. The minimum Gasteiger partial charge on any atom is -0.434 e. The molecule has 3 aromatic rings. The molecule has 0 atom stereocenters. The zero-order valence-corrected chi connectivity index (χ0v) is 13.6. The molecule has 0 radical (unpaired) electrons. The van der Waals surface area contributed by atoms with Crippen molar-refractivity contribution in [3.8, 4) is 11.4 Å². The van der Waals surface area contributed by atoms with Crippen molar-refractivity contribution < 1.29 is 18.3 Å². The van der Waals surface area contributed by atoms with Gasteiger partial charge >= 0.3 is 12.6 Å². The molecule has 0 saturated heterocycles. The normalized spacial score (nSPS) is 10.6. The number of amides is 2. The molecule has 3 rings (SSSR count). The van der Waals surface area contributed by atoms with Crippen molar-refractivity contribution in [2.24, 2.45) is 0 Å². The van der Waals surface area contributed by atoms with Crippen molar-refractivity contribution in [2.45, 2.75) is 13.2 Å². The topological polar surface area (TPSA) is 68.2 Å². The van der Waals surface area contributed by atoms with Crippen molar-refractivity contribution in [1.29, 1.82) is 0 Å². The third-order valence-corrected chi connectivity index (χ3v) is 3.53. The van der Waals surface area contributed by atoms with Crippen LogP contribution in [0.25, 0.3) is 5.69 Å². The van der Waals surface area contributed by atoms with E-state index in [4.69, 9.17) is 0 Å². The molecule has 0 aliphatic rings. The third kappa shape index (κ3) is 4.35. The number of para-hydroxylation sites is 3. The van der Waals surface area contributed by atoms with Gasteiger partial charge in [0.1, 0.15) is 5.75 Å². The SMILES string of the molecule is O=C(NCc1ccccc1OC(F)F)Nc1ccccc1-n1cccn1. The van der Waals surface area contributed by atoms with Gasteiger partial charge in [0.25, 0.3) is 0 Å². The number of halogens is 2. The largest absolute Gasteiger partial charge is 0.434 e. The summed E-state index contributed by atoms with van der Waals surface area (Å²) in [6.45, 7) is -2.88. The van der Waals surface area contributed by atoms with E-state index in [1.165, 1.54) is 6.07 Å². The van der Waals surface area contributed by atoms with Crippen LogP contribution in [0.5, 0.6) is 5.75 Å². The number of hydrogen-bond donors (Lipinski definition) is 2. The van der Waals surface area contributed by atoms with Gasteiger partial charge in [-0.2, -0.15) is 13.9 Å². The van der Waals surface area contributed by atoms with E-state index in [2.05, 4.69) is 20.5 Å². The van der Waals surface area contributed by atoms with Crippen LogP contribution in [0, 0.1) is 0 Å². The molecule has 0 aliphatic carbocycles. The lowest BCUT2D eigenvalue weighted by Crippen LogP contribution is -2.29. The molecule has 0 aliphatic heterocycles. The number of urea groups is 1. The highest BCUT2D eigenvalue weighted by molar-refractivity contribution is 5.91. The minimum absolute atomic E-state index is 0.0275. The Labute approximate surface area is 148 Å². The van der Waals surface area contributed by atoms with Gasteiger partial charge in [-0.05, 0) is 24.3 Å². The molecule has 0 bridgehead atoms. The number of hydrogen-bond acceptors (Lipinski definition) is 3. The smallest absolute Gasteiger partial charge is 0.387 e. The summed E-state index contributed by atoms with van der Waals surface area (Å²) in [5.74, 6) is 0.0275. The summed E-state index contributed by atoms with van der Waals surface area (Å²) in [6, 6.07) is 14.8. The summed E-state index contributed by atoms with van der Waals surface area (Å²) in [6.07, 6.45) is 3.40. The van der Waals surface area contributed by atoms with E-state index in [1.807, 2.05) is 12.1 Å². The van der Waals surface area contributed by atoms with Crippen LogP contribution in [0.4, 0.5) is 19.3 Å². The Morgan fingerprint density at radius 3 is 2.65 bits per heavy atom. The first-order chi connectivity index (χ1) is 12.6. The van der Waals surface area contributed by atoms with Gasteiger partial charge in [0.15, 0.2) is 0 Å². The maximum Gasteiger partial charge on any atom is 0.387 e. The third-order valence-electron chi connectivity index (χ3n) is 3.53. The van der Waals surface area contributed by atoms with E-state index in [0.29, 0.717) is 16.9 Å². The molecule has 0 fully saturated rings. The van der Waals surface area contributed by atoms with Crippen molar-refractivity contribution in [1.82, 2.24) is 15.1 Å². The maximum atomic E-state index is 12.4. The van der Waals surface area contributed by atoms with Gasteiger partial charge in [0.2, 0.25) is 0 Å². The zero-order chi connectivity index (χ0) is 18.4. The fraction of sp³-hybridized carbons (Fsp3) is 0.111. The molecule has 1 heterocycles. The van der Waals surface area contributed by atoms with Crippen molar-refractivity contribution in [2.75, 3.05) is 5.32 Å². The molecule has 8 heteroatoms. The van der Waals surface area contributed by atoms with Crippen molar-refractivity contribution in [3.63, 3.8) is 0 Å². The van der Waals surface area contributed by atoms with E-state index in [0.717, 1.165) is 0 Å². The number of carbonyl (C=O) groups is 1.